The molecular formula is C20H27N5O2. The molecular weight excluding hydrogens is 342 g/mol. The van der Waals surface area contributed by atoms with Gasteiger partial charge in [0.25, 0.3) is 11.9 Å². The van der Waals surface area contributed by atoms with E-state index in [1.54, 1.807) is 0 Å². The summed E-state index contributed by atoms with van der Waals surface area (Å²) in [4.78, 5) is 33.9. The summed E-state index contributed by atoms with van der Waals surface area (Å²) in [6.07, 6.45) is 6.69. The molecule has 0 bridgehead atoms. The summed E-state index contributed by atoms with van der Waals surface area (Å²) in [5, 5.41) is 7.63. The van der Waals surface area contributed by atoms with E-state index >= 15 is 0 Å². The van der Waals surface area contributed by atoms with Crippen LogP contribution in [0.4, 0.5) is 5.82 Å². The molecule has 2 saturated carbocycles. The maximum Gasteiger partial charge on any atom is 0.257 e. The predicted molar refractivity (Wildman–Crippen MR) is 104 cm³/mol. The van der Waals surface area contributed by atoms with E-state index in [4.69, 9.17) is 0 Å². The Morgan fingerprint density at radius 3 is 2.59 bits per heavy atom. The van der Waals surface area contributed by atoms with E-state index in [-0.39, 0.29) is 35.0 Å². The highest BCUT2D eigenvalue weighted by Gasteiger charge is 2.33. The maximum absolute atomic E-state index is 12.5. The molecule has 1 aromatic heterocycles. The number of amides is 2. The number of aromatic nitrogens is 2. The van der Waals surface area contributed by atoms with Gasteiger partial charge in [0.15, 0.2) is 0 Å². The first-order valence-corrected chi connectivity index (χ1v) is 9.95. The number of hydrogen-bond acceptors (Lipinski definition) is 4. The molecule has 4 rings (SSSR count). The molecule has 1 unspecified atom stereocenters. The highest BCUT2D eigenvalue weighted by Crippen LogP contribution is 2.30. The lowest BCUT2D eigenvalue weighted by Gasteiger charge is -2.25. The van der Waals surface area contributed by atoms with Crippen molar-refractivity contribution >= 4 is 29.3 Å². The number of nitrogens with one attached hydrogen (secondary N) is 1. The quantitative estimate of drug-likeness (QED) is 0.867. The number of anilines is 1. The summed E-state index contributed by atoms with van der Waals surface area (Å²) in [5.74, 6) is 0.575. The fourth-order valence-electron chi connectivity index (χ4n) is 3.71. The Hall–Kier alpha value is -2.31. The van der Waals surface area contributed by atoms with Gasteiger partial charge in [-0.15, -0.1) is 0 Å². The van der Waals surface area contributed by atoms with E-state index < -0.39 is 0 Å². The first-order valence-electron chi connectivity index (χ1n) is 9.95. The summed E-state index contributed by atoms with van der Waals surface area (Å²) < 4.78 is 1.53. The van der Waals surface area contributed by atoms with E-state index in [1.165, 1.54) is 4.68 Å². The molecule has 27 heavy (non-hydrogen) atoms. The predicted octanol–water partition coefficient (Wildman–Crippen LogP) is 3.29. The molecule has 2 aliphatic carbocycles. The molecule has 1 atom stereocenters. The zero-order valence-electron chi connectivity index (χ0n) is 16.3. The Labute approximate surface area is 159 Å². The molecule has 0 saturated heterocycles. The molecule has 144 valence electrons. The van der Waals surface area contributed by atoms with Crippen LogP contribution in [0.1, 0.15) is 71.4 Å². The van der Waals surface area contributed by atoms with Gasteiger partial charge in [-0.2, -0.15) is 14.8 Å². The van der Waals surface area contributed by atoms with Gasteiger partial charge in [0.1, 0.15) is 5.82 Å². The zero-order valence-corrected chi connectivity index (χ0v) is 16.3. The van der Waals surface area contributed by atoms with Crippen LogP contribution in [0.15, 0.2) is 16.1 Å². The lowest BCUT2D eigenvalue weighted by molar-refractivity contribution is -0.122. The molecule has 1 N–H and O–H groups in total. The maximum atomic E-state index is 12.5. The number of rotatable bonds is 2. The van der Waals surface area contributed by atoms with E-state index in [0.29, 0.717) is 5.82 Å². The van der Waals surface area contributed by atoms with Crippen molar-refractivity contribution in [3.8, 4) is 0 Å². The number of hydrogen-bond donors (Lipinski definition) is 1. The standard InChI is InChI=1S/C20H27N5O2/c1-20(2,3)15-11-16(22-17(26)12-7-6-8-12)25(24-15)19-21-14-10-5-4-9-13(14)18(27)23-19/h11-13H,4-10H2,1-3H3,(H,22,26). The lowest BCUT2D eigenvalue weighted by Crippen LogP contribution is -2.34. The van der Waals surface area contributed by atoms with Crippen LogP contribution >= 0.6 is 0 Å². The van der Waals surface area contributed by atoms with Gasteiger partial charge in [-0.25, -0.2) is 4.99 Å². The Balaban J connectivity index is 1.70. The number of carbonyl (C=O) groups excluding carboxylic acids is 2. The van der Waals surface area contributed by atoms with Crippen molar-refractivity contribution in [1.82, 2.24) is 9.78 Å². The van der Waals surface area contributed by atoms with Gasteiger partial charge in [0, 0.05) is 23.1 Å². The minimum absolute atomic E-state index is 0.00814. The number of fused-ring (bicyclic) bond motifs is 1. The summed E-state index contributed by atoms with van der Waals surface area (Å²) in [5.41, 5.74) is 1.54. The van der Waals surface area contributed by atoms with Gasteiger partial charge >= 0.3 is 0 Å². The van der Waals surface area contributed by atoms with E-state index in [9.17, 15) is 9.59 Å². The molecule has 7 heteroatoms. The topological polar surface area (TPSA) is 88.7 Å². The van der Waals surface area contributed by atoms with Gasteiger partial charge in [-0.1, -0.05) is 33.6 Å². The fraction of sp³-hybridized carbons (Fsp3) is 0.650. The SMILES string of the molecule is CC(C)(C)c1cc(NC(=O)C2CCC2)n(C2=NC(=O)C3CCCCC3=N2)n1. The van der Waals surface area contributed by atoms with Crippen LogP contribution in [0.2, 0.25) is 0 Å². The number of carbonyl (C=O) groups is 2. The second-order valence-electron chi connectivity index (χ2n) is 8.85. The molecule has 2 amide bonds. The van der Waals surface area contributed by atoms with Crippen molar-refractivity contribution in [2.24, 2.45) is 21.8 Å². The molecule has 0 aromatic carbocycles. The second-order valence-corrected chi connectivity index (χ2v) is 8.85. The lowest BCUT2D eigenvalue weighted by atomic mass is 9.85. The first kappa shape index (κ1) is 18.1. The highest BCUT2D eigenvalue weighted by atomic mass is 16.2. The molecule has 1 aromatic rings. The number of nitrogens with zero attached hydrogens (tertiary/aromatic N) is 4. The smallest absolute Gasteiger partial charge is 0.257 e. The molecule has 3 aliphatic rings. The molecule has 0 radical (unpaired) electrons. The zero-order chi connectivity index (χ0) is 19.2. The summed E-state index contributed by atoms with van der Waals surface area (Å²) in [6.45, 7) is 6.19. The van der Waals surface area contributed by atoms with E-state index in [0.717, 1.165) is 56.4 Å². The van der Waals surface area contributed by atoms with Crippen molar-refractivity contribution < 1.29 is 9.59 Å². The van der Waals surface area contributed by atoms with Crippen LogP contribution in [-0.4, -0.2) is 33.3 Å². The van der Waals surface area contributed by atoms with Crippen molar-refractivity contribution in [2.45, 2.75) is 71.1 Å². The summed E-state index contributed by atoms with van der Waals surface area (Å²) in [6, 6.07) is 1.87. The van der Waals surface area contributed by atoms with Crippen molar-refractivity contribution in [3.05, 3.63) is 11.8 Å². The number of aliphatic imine (C=N–C) groups is 2. The Morgan fingerprint density at radius 1 is 1.15 bits per heavy atom. The Kier molecular flexibility index (Phi) is 4.48. The molecule has 2 fully saturated rings. The highest BCUT2D eigenvalue weighted by molar-refractivity contribution is 6.16. The van der Waals surface area contributed by atoms with Crippen LogP contribution in [0, 0.1) is 11.8 Å². The van der Waals surface area contributed by atoms with Gasteiger partial charge in [-0.05, 0) is 32.1 Å². The molecule has 7 nitrogen and oxygen atoms in total. The molecule has 0 spiro atoms. The Morgan fingerprint density at radius 2 is 1.93 bits per heavy atom. The minimum Gasteiger partial charge on any atom is -0.310 e. The third-order valence-corrected chi connectivity index (χ3v) is 5.72. The second kappa shape index (κ2) is 6.69. The van der Waals surface area contributed by atoms with Crippen LogP contribution < -0.4 is 5.32 Å². The van der Waals surface area contributed by atoms with Crippen molar-refractivity contribution in [1.29, 1.82) is 0 Å². The first-order chi connectivity index (χ1) is 12.8. The van der Waals surface area contributed by atoms with Gasteiger partial charge < -0.3 is 5.32 Å². The van der Waals surface area contributed by atoms with Gasteiger partial charge in [0.2, 0.25) is 5.91 Å². The summed E-state index contributed by atoms with van der Waals surface area (Å²) >= 11 is 0. The monoisotopic (exact) mass is 369 g/mol. The van der Waals surface area contributed by atoms with Crippen LogP contribution in [-0.2, 0) is 15.0 Å². The van der Waals surface area contributed by atoms with Crippen molar-refractivity contribution in [3.63, 3.8) is 0 Å². The van der Waals surface area contributed by atoms with Crippen LogP contribution in [0.5, 0.6) is 0 Å². The van der Waals surface area contributed by atoms with Gasteiger partial charge in [0.05, 0.1) is 11.6 Å². The third kappa shape index (κ3) is 3.47. The van der Waals surface area contributed by atoms with Crippen molar-refractivity contribution in [2.75, 3.05) is 5.32 Å². The molecule has 1 aliphatic heterocycles. The van der Waals surface area contributed by atoms with E-state index in [1.807, 2.05) is 6.07 Å². The van der Waals surface area contributed by atoms with Crippen LogP contribution in [0.25, 0.3) is 0 Å². The average molecular weight is 369 g/mol. The third-order valence-electron chi connectivity index (χ3n) is 5.72. The normalized spacial score (nSPS) is 23.2. The minimum atomic E-state index is -0.194. The van der Waals surface area contributed by atoms with E-state index in [2.05, 4.69) is 41.2 Å². The largest absolute Gasteiger partial charge is 0.310 e. The van der Waals surface area contributed by atoms with Gasteiger partial charge in [-0.3, -0.25) is 9.59 Å². The van der Waals surface area contributed by atoms with Crippen LogP contribution in [0.3, 0.4) is 0 Å². The molecule has 2 heterocycles. The Bertz CT molecular complexity index is 839. The fourth-order valence-corrected chi connectivity index (χ4v) is 3.71. The average Bonchev–Trinajstić information content (AvgIpc) is 2.97. The summed E-state index contributed by atoms with van der Waals surface area (Å²) in [7, 11) is 0.